The summed E-state index contributed by atoms with van der Waals surface area (Å²) in [5.41, 5.74) is 0. The molecule has 5 nitrogen and oxygen atoms in total. The minimum Gasteiger partial charge on any atom is -0.389 e. The van der Waals surface area contributed by atoms with E-state index in [4.69, 9.17) is 4.74 Å². The summed E-state index contributed by atoms with van der Waals surface area (Å²) in [6.07, 6.45) is 6.42. The van der Waals surface area contributed by atoms with Crippen LogP contribution in [0, 0.1) is 5.92 Å². The Kier molecular flexibility index (Phi) is 8.49. The zero-order valence-electron chi connectivity index (χ0n) is 13.0. The van der Waals surface area contributed by atoms with E-state index in [1.165, 1.54) is 6.42 Å². The first kappa shape index (κ1) is 17.1. The molecule has 0 radical (unpaired) electrons. The average Bonchev–Trinajstić information content (AvgIpc) is 2.79. The van der Waals surface area contributed by atoms with Crippen LogP contribution in [0.25, 0.3) is 0 Å². The molecule has 0 amide bonds. The van der Waals surface area contributed by atoms with E-state index >= 15 is 0 Å². The van der Waals surface area contributed by atoms with Crippen molar-refractivity contribution in [3.8, 4) is 0 Å². The lowest BCUT2D eigenvalue weighted by Gasteiger charge is -2.12. The van der Waals surface area contributed by atoms with Crippen LogP contribution in [-0.2, 0) is 18.2 Å². The van der Waals surface area contributed by atoms with Gasteiger partial charge < -0.3 is 19.7 Å². The molecule has 5 heteroatoms. The Morgan fingerprint density at radius 3 is 2.90 bits per heavy atom. The van der Waals surface area contributed by atoms with Crippen molar-refractivity contribution in [1.29, 1.82) is 0 Å². The van der Waals surface area contributed by atoms with E-state index in [9.17, 15) is 5.11 Å². The van der Waals surface area contributed by atoms with E-state index in [-0.39, 0.29) is 0 Å². The molecule has 116 valence electrons. The van der Waals surface area contributed by atoms with Gasteiger partial charge in [-0.15, -0.1) is 0 Å². The highest BCUT2D eigenvalue weighted by Crippen LogP contribution is 2.03. The van der Waals surface area contributed by atoms with E-state index in [0.29, 0.717) is 13.2 Å². The molecule has 0 saturated carbocycles. The van der Waals surface area contributed by atoms with Crippen molar-refractivity contribution in [2.24, 2.45) is 13.0 Å². The van der Waals surface area contributed by atoms with Crippen LogP contribution in [0.4, 0.5) is 0 Å². The van der Waals surface area contributed by atoms with Gasteiger partial charge in [0.15, 0.2) is 0 Å². The molecule has 0 aliphatic carbocycles. The quantitative estimate of drug-likeness (QED) is 0.602. The predicted octanol–water partition coefficient (Wildman–Crippen LogP) is 1.37. The standard InChI is InChI=1S/C15H29N3O2/c1-13(2)5-4-10-20-12-14(19)11-16-7-6-15-17-8-9-18(15)3/h8-9,13-14,16,19H,4-7,10-12H2,1-3H3. The molecule has 2 N–H and O–H groups in total. The molecule has 0 aliphatic rings. The number of ether oxygens (including phenoxy) is 1. The van der Waals surface area contributed by atoms with Crippen LogP contribution in [-0.4, -0.2) is 47.1 Å². The Balaban J connectivity index is 1.95. The van der Waals surface area contributed by atoms with Gasteiger partial charge in [0.05, 0.1) is 12.7 Å². The Bertz CT molecular complexity index is 353. The van der Waals surface area contributed by atoms with Gasteiger partial charge in [0.1, 0.15) is 5.82 Å². The van der Waals surface area contributed by atoms with Crippen LogP contribution in [0.3, 0.4) is 0 Å². The zero-order valence-corrected chi connectivity index (χ0v) is 13.0. The molecule has 1 aromatic rings. The molecular weight excluding hydrogens is 254 g/mol. The number of nitrogens with zero attached hydrogens (tertiary/aromatic N) is 2. The Labute approximate surface area is 122 Å². The number of aliphatic hydroxyl groups is 1. The molecule has 0 spiro atoms. The van der Waals surface area contributed by atoms with Gasteiger partial charge in [0.2, 0.25) is 0 Å². The van der Waals surface area contributed by atoms with Gasteiger partial charge in [0, 0.05) is 45.6 Å². The number of rotatable bonds is 11. The summed E-state index contributed by atoms with van der Waals surface area (Å²) in [4.78, 5) is 4.25. The fourth-order valence-electron chi connectivity index (χ4n) is 1.98. The monoisotopic (exact) mass is 283 g/mol. The normalized spacial score (nSPS) is 13.1. The number of aromatic nitrogens is 2. The summed E-state index contributed by atoms with van der Waals surface area (Å²) in [5.74, 6) is 1.77. The number of nitrogens with one attached hydrogen (secondary N) is 1. The highest BCUT2D eigenvalue weighted by molar-refractivity contribution is 4.91. The highest BCUT2D eigenvalue weighted by Gasteiger charge is 2.04. The topological polar surface area (TPSA) is 59.3 Å². The molecule has 1 rings (SSSR count). The van der Waals surface area contributed by atoms with E-state index in [0.717, 1.165) is 37.7 Å². The number of hydrogen-bond acceptors (Lipinski definition) is 4. The van der Waals surface area contributed by atoms with Crippen molar-refractivity contribution in [3.05, 3.63) is 18.2 Å². The van der Waals surface area contributed by atoms with Crippen molar-refractivity contribution in [3.63, 3.8) is 0 Å². The van der Waals surface area contributed by atoms with Crippen LogP contribution >= 0.6 is 0 Å². The van der Waals surface area contributed by atoms with Crippen LogP contribution in [0.2, 0.25) is 0 Å². The highest BCUT2D eigenvalue weighted by atomic mass is 16.5. The van der Waals surface area contributed by atoms with Crippen molar-refractivity contribution >= 4 is 0 Å². The van der Waals surface area contributed by atoms with E-state index in [1.54, 1.807) is 6.20 Å². The molecule has 0 bridgehead atoms. The minimum atomic E-state index is -0.435. The maximum atomic E-state index is 9.76. The van der Waals surface area contributed by atoms with Gasteiger partial charge in [-0.2, -0.15) is 0 Å². The summed E-state index contributed by atoms with van der Waals surface area (Å²) in [6.45, 7) is 6.95. The summed E-state index contributed by atoms with van der Waals surface area (Å²) in [7, 11) is 1.99. The van der Waals surface area contributed by atoms with Crippen molar-refractivity contribution < 1.29 is 9.84 Å². The van der Waals surface area contributed by atoms with Gasteiger partial charge in [0.25, 0.3) is 0 Å². The first-order valence-electron chi connectivity index (χ1n) is 7.52. The van der Waals surface area contributed by atoms with Crippen LogP contribution in [0.5, 0.6) is 0 Å². The number of hydrogen-bond donors (Lipinski definition) is 2. The maximum Gasteiger partial charge on any atom is 0.109 e. The fraction of sp³-hybridized carbons (Fsp3) is 0.800. The van der Waals surface area contributed by atoms with E-state index < -0.39 is 6.10 Å². The second kappa shape index (κ2) is 9.91. The molecule has 1 atom stereocenters. The van der Waals surface area contributed by atoms with Gasteiger partial charge in [-0.3, -0.25) is 0 Å². The van der Waals surface area contributed by atoms with E-state index in [2.05, 4.69) is 24.1 Å². The van der Waals surface area contributed by atoms with Crippen molar-refractivity contribution in [2.75, 3.05) is 26.3 Å². The second-order valence-corrected chi connectivity index (χ2v) is 5.67. The van der Waals surface area contributed by atoms with Gasteiger partial charge in [-0.05, 0) is 18.8 Å². The first-order valence-corrected chi connectivity index (χ1v) is 7.52. The molecule has 1 aromatic heterocycles. The second-order valence-electron chi connectivity index (χ2n) is 5.67. The lowest BCUT2D eigenvalue weighted by atomic mass is 10.1. The predicted molar refractivity (Wildman–Crippen MR) is 80.7 cm³/mol. The largest absolute Gasteiger partial charge is 0.389 e. The molecule has 20 heavy (non-hydrogen) atoms. The molecule has 1 unspecified atom stereocenters. The van der Waals surface area contributed by atoms with E-state index in [1.807, 2.05) is 17.8 Å². The molecule has 0 saturated heterocycles. The Hall–Kier alpha value is -0.910. The third-order valence-electron chi connectivity index (χ3n) is 3.21. The molecule has 0 fully saturated rings. The van der Waals surface area contributed by atoms with Gasteiger partial charge in [-0.1, -0.05) is 13.8 Å². The molecule has 1 heterocycles. The number of aliphatic hydroxyl groups excluding tert-OH is 1. The van der Waals surface area contributed by atoms with Crippen LogP contribution in [0.1, 0.15) is 32.5 Å². The fourth-order valence-corrected chi connectivity index (χ4v) is 1.98. The zero-order chi connectivity index (χ0) is 14.8. The average molecular weight is 283 g/mol. The molecule has 0 aliphatic heterocycles. The Morgan fingerprint density at radius 2 is 2.25 bits per heavy atom. The van der Waals surface area contributed by atoms with Gasteiger partial charge >= 0.3 is 0 Å². The Morgan fingerprint density at radius 1 is 1.45 bits per heavy atom. The lowest BCUT2D eigenvalue weighted by Crippen LogP contribution is -2.32. The van der Waals surface area contributed by atoms with Gasteiger partial charge in [-0.25, -0.2) is 4.98 Å². The van der Waals surface area contributed by atoms with Crippen molar-refractivity contribution in [1.82, 2.24) is 14.9 Å². The molecule has 0 aromatic carbocycles. The van der Waals surface area contributed by atoms with Crippen molar-refractivity contribution in [2.45, 2.75) is 39.2 Å². The third kappa shape index (κ3) is 7.62. The SMILES string of the molecule is CC(C)CCCOCC(O)CNCCc1nccn1C. The summed E-state index contributed by atoms with van der Waals surface area (Å²) < 4.78 is 7.47. The first-order chi connectivity index (χ1) is 9.59. The summed E-state index contributed by atoms with van der Waals surface area (Å²) in [6, 6.07) is 0. The minimum absolute atomic E-state index is 0.410. The number of aryl methyl sites for hydroxylation is 1. The van der Waals surface area contributed by atoms with Crippen LogP contribution < -0.4 is 5.32 Å². The summed E-state index contributed by atoms with van der Waals surface area (Å²) in [5, 5.41) is 13.0. The summed E-state index contributed by atoms with van der Waals surface area (Å²) >= 11 is 0. The third-order valence-corrected chi connectivity index (χ3v) is 3.21. The van der Waals surface area contributed by atoms with Crippen LogP contribution in [0.15, 0.2) is 12.4 Å². The smallest absolute Gasteiger partial charge is 0.109 e. The number of imidazole rings is 1. The molecular formula is C15H29N3O2. The maximum absolute atomic E-state index is 9.76. The lowest BCUT2D eigenvalue weighted by molar-refractivity contribution is 0.0349.